The first-order chi connectivity index (χ1) is 8.52. The number of nitrogens with zero attached hydrogens (tertiary/aromatic N) is 1. The average Bonchev–Trinajstić information content (AvgIpc) is 2.35. The third-order valence-corrected chi connectivity index (χ3v) is 4.32. The molecule has 18 heavy (non-hydrogen) atoms. The van der Waals surface area contributed by atoms with E-state index in [9.17, 15) is 9.90 Å². The number of rotatable bonds is 3. The maximum Gasteiger partial charge on any atom is 0.323 e. The van der Waals surface area contributed by atoms with Gasteiger partial charge in [-0.05, 0) is 50.4 Å². The summed E-state index contributed by atoms with van der Waals surface area (Å²) in [5.74, 6) is -0.709. The van der Waals surface area contributed by atoms with Gasteiger partial charge in [0.2, 0.25) is 0 Å². The van der Waals surface area contributed by atoms with Crippen molar-refractivity contribution in [3.8, 4) is 0 Å². The number of hydrogen-bond donors (Lipinski definition) is 1. The molecular formula is C14H18BrNO2. The van der Waals surface area contributed by atoms with E-state index in [2.05, 4.69) is 20.8 Å². The van der Waals surface area contributed by atoms with Gasteiger partial charge in [-0.15, -0.1) is 0 Å². The van der Waals surface area contributed by atoms with Crippen LogP contribution in [0.1, 0.15) is 31.7 Å². The molecule has 1 atom stereocenters. The molecule has 1 fully saturated rings. The Hall–Kier alpha value is -0.870. The van der Waals surface area contributed by atoms with E-state index in [0.717, 1.165) is 35.8 Å². The maximum absolute atomic E-state index is 11.5. The molecule has 0 saturated carbocycles. The lowest BCUT2D eigenvalue weighted by Gasteiger charge is -2.41. The second kappa shape index (κ2) is 5.41. The lowest BCUT2D eigenvalue weighted by atomic mass is 9.88. The zero-order chi connectivity index (χ0) is 13.2. The number of aliphatic carboxylic acids is 1. The van der Waals surface area contributed by atoms with Gasteiger partial charge in [-0.1, -0.05) is 28.1 Å². The summed E-state index contributed by atoms with van der Waals surface area (Å²) < 4.78 is 1.05. The van der Waals surface area contributed by atoms with Crippen LogP contribution in [-0.4, -0.2) is 28.1 Å². The van der Waals surface area contributed by atoms with Gasteiger partial charge in [0.1, 0.15) is 5.54 Å². The van der Waals surface area contributed by atoms with Crippen molar-refractivity contribution in [2.75, 3.05) is 6.54 Å². The van der Waals surface area contributed by atoms with Crippen LogP contribution in [0, 0.1) is 0 Å². The Morgan fingerprint density at radius 3 is 2.67 bits per heavy atom. The van der Waals surface area contributed by atoms with Crippen molar-refractivity contribution in [1.29, 1.82) is 0 Å². The molecule has 1 aliphatic rings. The van der Waals surface area contributed by atoms with Gasteiger partial charge in [0, 0.05) is 11.0 Å². The SMILES string of the molecule is CC1(C(=O)O)CCCCN1Cc1ccc(Br)cc1. The summed E-state index contributed by atoms with van der Waals surface area (Å²) in [6.07, 6.45) is 2.82. The van der Waals surface area contributed by atoms with Crippen LogP contribution in [0.4, 0.5) is 0 Å². The average molecular weight is 312 g/mol. The molecule has 1 aromatic rings. The molecule has 2 rings (SSSR count). The van der Waals surface area contributed by atoms with E-state index in [1.807, 2.05) is 31.2 Å². The molecule has 1 N–H and O–H groups in total. The third-order valence-electron chi connectivity index (χ3n) is 3.79. The van der Waals surface area contributed by atoms with Crippen molar-refractivity contribution in [3.63, 3.8) is 0 Å². The zero-order valence-corrected chi connectivity index (χ0v) is 12.1. The van der Waals surface area contributed by atoms with Crippen LogP contribution >= 0.6 is 15.9 Å². The van der Waals surface area contributed by atoms with Crippen LogP contribution in [0.2, 0.25) is 0 Å². The number of carbonyl (C=O) groups is 1. The maximum atomic E-state index is 11.5. The Balaban J connectivity index is 2.15. The van der Waals surface area contributed by atoms with Crippen LogP contribution < -0.4 is 0 Å². The molecule has 0 bridgehead atoms. The van der Waals surface area contributed by atoms with E-state index in [4.69, 9.17) is 0 Å². The number of carboxylic acid groups (broad SMARTS) is 1. The number of benzene rings is 1. The van der Waals surface area contributed by atoms with E-state index in [-0.39, 0.29) is 0 Å². The van der Waals surface area contributed by atoms with Gasteiger partial charge in [-0.2, -0.15) is 0 Å². The summed E-state index contributed by atoms with van der Waals surface area (Å²) in [5.41, 5.74) is 0.443. The number of carboxylic acids is 1. The minimum atomic E-state index is -0.717. The molecule has 1 unspecified atom stereocenters. The van der Waals surface area contributed by atoms with Gasteiger partial charge in [0.15, 0.2) is 0 Å². The lowest BCUT2D eigenvalue weighted by molar-refractivity contribution is -0.153. The fourth-order valence-corrected chi connectivity index (χ4v) is 2.75. The fraction of sp³-hybridized carbons (Fsp3) is 0.500. The Kier molecular flexibility index (Phi) is 4.07. The molecule has 0 spiro atoms. The van der Waals surface area contributed by atoms with Gasteiger partial charge >= 0.3 is 5.97 Å². The highest BCUT2D eigenvalue weighted by atomic mass is 79.9. The molecule has 98 valence electrons. The van der Waals surface area contributed by atoms with Crippen molar-refractivity contribution < 1.29 is 9.90 Å². The van der Waals surface area contributed by atoms with Gasteiger partial charge in [0.05, 0.1) is 0 Å². The molecule has 1 aromatic carbocycles. The minimum Gasteiger partial charge on any atom is -0.480 e. The molecule has 0 aromatic heterocycles. The Labute approximate surface area is 116 Å². The Morgan fingerprint density at radius 2 is 2.06 bits per heavy atom. The first-order valence-electron chi connectivity index (χ1n) is 6.25. The molecule has 0 amide bonds. The fourth-order valence-electron chi connectivity index (χ4n) is 2.48. The van der Waals surface area contributed by atoms with E-state index >= 15 is 0 Å². The van der Waals surface area contributed by atoms with E-state index in [0.29, 0.717) is 6.54 Å². The topological polar surface area (TPSA) is 40.5 Å². The van der Waals surface area contributed by atoms with Gasteiger partial charge in [-0.25, -0.2) is 0 Å². The number of piperidine rings is 1. The summed E-state index contributed by atoms with van der Waals surface area (Å²) >= 11 is 3.41. The van der Waals surface area contributed by atoms with Crippen LogP contribution in [0.15, 0.2) is 28.7 Å². The van der Waals surface area contributed by atoms with E-state index in [1.165, 1.54) is 0 Å². The first kappa shape index (κ1) is 13.6. The molecule has 1 saturated heterocycles. The second-order valence-electron chi connectivity index (χ2n) is 5.08. The molecule has 4 heteroatoms. The zero-order valence-electron chi connectivity index (χ0n) is 10.5. The first-order valence-corrected chi connectivity index (χ1v) is 7.04. The summed E-state index contributed by atoms with van der Waals surface area (Å²) in [6, 6.07) is 8.08. The number of likely N-dealkylation sites (tertiary alicyclic amines) is 1. The van der Waals surface area contributed by atoms with Gasteiger partial charge < -0.3 is 5.11 Å². The summed E-state index contributed by atoms with van der Waals surface area (Å²) in [6.45, 7) is 3.41. The van der Waals surface area contributed by atoms with Gasteiger partial charge in [0.25, 0.3) is 0 Å². The molecule has 3 nitrogen and oxygen atoms in total. The van der Waals surface area contributed by atoms with E-state index in [1.54, 1.807) is 0 Å². The summed E-state index contributed by atoms with van der Waals surface area (Å²) in [5, 5.41) is 9.44. The molecule has 0 aliphatic carbocycles. The van der Waals surface area contributed by atoms with Crippen molar-refractivity contribution in [1.82, 2.24) is 4.90 Å². The quantitative estimate of drug-likeness (QED) is 0.931. The second-order valence-corrected chi connectivity index (χ2v) is 6.00. The van der Waals surface area contributed by atoms with Crippen LogP contribution in [-0.2, 0) is 11.3 Å². The molecule has 1 aliphatic heterocycles. The highest BCUT2D eigenvalue weighted by molar-refractivity contribution is 9.10. The number of halogens is 1. The monoisotopic (exact) mass is 311 g/mol. The van der Waals surface area contributed by atoms with E-state index < -0.39 is 11.5 Å². The highest BCUT2D eigenvalue weighted by Crippen LogP contribution is 2.29. The van der Waals surface area contributed by atoms with Crippen molar-refractivity contribution in [2.45, 2.75) is 38.3 Å². The van der Waals surface area contributed by atoms with Crippen molar-refractivity contribution >= 4 is 21.9 Å². The normalized spacial score (nSPS) is 25.0. The largest absolute Gasteiger partial charge is 0.480 e. The van der Waals surface area contributed by atoms with Crippen LogP contribution in [0.5, 0.6) is 0 Å². The Morgan fingerprint density at radius 1 is 1.39 bits per heavy atom. The van der Waals surface area contributed by atoms with Crippen LogP contribution in [0.25, 0.3) is 0 Å². The lowest BCUT2D eigenvalue weighted by Crippen LogP contribution is -2.54. The summed E-state index contributed by atoms with van der Waals surface area (Å²) in [7, 11) is 0. The molecule has 0 radical (unpaired) electrons. The van der Waals surface area contributed by atoms with Gasteiger partial charge in [-0.3, -0.25) is 9.69 Å². The predicted octanol–water partition coefficient (Wildman–Crippen LogP) is 3.28. The third kappa shape index (κ3) is 2.75. The smallest absolute Gasteiger partial charge is 0.323 e. The predicted molar refractivity (Wildman–Crippen MR) is 74.4 cm³/mol. The molecular weight excluding hydrogens is 294 g/mol. The number of hydrogen-bond acceptors (Lipinski definition) is 2. The van der Waals surface area contributed by atoms with Crippen LogP contribution in [0.3, 0.4) is 0 Å². The van der Waals surface area contributed by atoms with Crippen molar-refractivity contribution in [2.24, 2.45) is 0 Å². The summed E-state index contributed by atoms with van der Waals surface area (Å²) in [4.78, 5) is 13.6. The highest BCUT2D eigenvalue weighted by Gasteiger charge is 2.40. The molecule has 1 heterocycles. The van der Waals surface area contributed by atoms with Crippen molar-refractivity contribution in [3.05, 3.63) is 34.3 Å². The standard InChI is InChI=1S/C14H18BrNO2/c1-14(13(17)18)8-2-3-9-16(14)10-11-4-6-12(15)7-5-11/h4-7H,2-3,8-10H2,1H3,(H,17,18). The Bertz CT molecular complexity index is 432. The minimum absolute atomic E-state index is 0.704.